The Morgan fingerprint density at radius 3 is 3.00 bits per heavy atom. The van der Waals surface area contributed by atoms with Gasteiger partial charge in [0.15, 0.2) is 0 Å². The fourth-order valence-corrected chi connectivity index (χ4v) is 2.91. The smallest absolute Gasteiger partial charge is 0.256 e. The molecule has 0 spiro atoms. The summed E-state index contributed by atoms with van der Waals surface area (Å²) in [5.74, 6) is 0. The van der Waals surface area contributed by atoms with Crippen LogP contribution in [0, 0.1) is 0 Å². The third-order valence-corrected chi connectivity index (χ3v) is 3.98. The molecule has 1 unspecified atom stereocenters. The van der Waals surface area contributed by atoms with Gasteiger partial charge in [-0.25, -0.2) is 0 Å². The Balaban J connectivity index is 1.64. The second-order valence-electron chi connectivity index (χ2n) is 5.56. The molecule has 0 bridgehead atoms. The summed E-state index contributed by atoms with van der Waals surface area (Å²) in [6, 6.07) is 9.73. The molecule has 1 aliphatic heterocycles. The van der Waals surface area contributed by atoms with Crippen molar-refractivity contribution in [3.8, 4) is 0 Å². The maximum absolute atomic E-state index is 12.0. The number of pyridine rings is 1. The normalized spacial score (nSPS) is 19.8. The van der Waals surface area contributed by atoms with Crippen molar-refractivity contribution < 1.29 is 5.11 Å². The minimum Gasteiger partial charge on any atom is -0.392 e. The Bertz CT molecular complexity index is 650. The van der Waals surface area contributed by atoms with E-state index >= 15 is 0 Å². The zero-order valence-corrected chi connectivity index (χ0v) is 11.5. The average molecular weight is 272 g/mol. The molecule has 2 aromatic rings. The Labute approximate surface area is 118 Å². The van der Waals surface area contributed by atoms with E-state index in [2.05, 4.69) is 16.0 Å². The number of aromatic amines is 1. The first-order valence-electron chi connectivity index (χ1n) is 7.24. The lowest BCUT2D eigenvalue weighted by Crippen LogP contribution is -2.23. The lowest BCUT2D eigenvalue weighted by molar-refractivity contribution is 0.176. The summed E-state index contributed by atoms with van der Waals surface area (Å²) in [6.07, 6.45) is 2.59. The first-order chi connectivity index (χ1) is 9.72. The van der Waals surface area contributed by atoms with Crippen molar-refractivity contribution in [1.29, 1.82) is 0 Å². The number of rotatable bonds is 4. The first-order valence-corrected chi connectivity index (χ1v) is 7.24. The molecule has 1 aromatic carbocycles. The monoisotopic (exact) mass is 272 g/mol. The summed E-state index contributed by atoms with van der Waals surface area (Å²) < 4.78 is 0. The number of nitrogens with zero attached hydrogens (tertiary/aromatic N) is 1. The maximum atomic E-state index is 12.0. The van der Waals surface area contributed by atoms with Crippen LogP contribution >= 0.6 is 0 Å². The highest BCUT2D eigenvalue weighted by Gasteiger charge is 2.19. The number of benzene rings is 1. The van der Waals surface area contributed by atoms with Gasteiger partial charge in [-0.05, 0) is 43.3 Å². The summed E-state index contributed by atoms with van der Waals surface area (Å²) in [5.41, 5.74) is 0.989. The number of hydrogen-bond donors (Lipinski definition) is 2. The van der Waals surface area contributed by atoms with E-state index in [1.165, 1.54) is 0 Å². The molecule has 2 N–H and O–H groups in total. The summed E-state index contributed by atoms with van der Waals surface area (Å²) in [4.78, 5) is 17.2. The molecule has 1 atom stereocenters. The van der Waals surface area contributed by atoms with Crippen LogP contribution in [0.2, 0.25) is 0 Å². The van der Waals surface area contributed by atoms with Crippen LogP contribution in [-0.4, -0.2) is 40.7 Å². The molecule has 4 nitrogen and oxygen atoms in total. The summed E-state index contributed by atoms with van der Waals surface area (Å²) in [7, 11) is 0. The molecule has 4 heteroatoms. The third kappa shape index (κ3) is 2.92. The Morgan fingerprint density at radius 1 is 1.35 bits per heavy atom. The molecule has 0 radical (unpaired) electrons. The first kappa shape index (κ1) is 13.3. The van der Waals surface area contributed by atoms with Crippen LogP contribution in [0.5, 0.6) is 0 Å². The van der Waals surface area contributed by atoms with Crippen molar-refractivity contribution in [1.82, 2.24) is 9.88 Å². The van der Waals surface area contributed by atoms with Gasteiger partial charge >= 0.3 is 0 Å². The summed E-state index contributed by atoms with van der Waals surface area (Å²) in [6.45, 7) is 2.75. The second kappa shape index (κ2) is 5.77. The van der Waals surface area contributed by atoms with Crippen molar-refractivity contribution in [2.45, 2.75) is 25.4 Å². The van der Waals surface area contributed by atoms with E-state index in [1.807, 2.05) is 24.3 Å². The Kier molecular flexibility index (Phi) is 3.85. The van der Waals surface area contributed by atoms with Crippen molar-refractivity contribution in [2.75, 3.05) is 19.6 Å². The number of β-amino-alcohol motifs (C(OH)–C–C–N with tert-alkyl or cyclic N) is 1. The quantitative estimate of drug-likeness (QED) is 0.887. The standard InChI is InChI=1S/C16H20N2O2/c19-14-7-9-18(11-14)8-3-5-13-10-12-4-1-2-6-15(12)16(20)17-13/h1-2,4,6,10,14,19H,3,5,7-9,11H2,(H,17,20). The number of aromatic nitrogens is 1. The highest BCUT2D eigenvalue weighted by atomic mass is 16.3. The SMILES string of the molecule is O=c1[nH]c(CCCN2CCC(O)C2)cc2ccccc12. The van der Waals surface area contributed by atoms with Crippen LogP contribution in [-0.2, 0) is 6.42 Å². The minimum atomic E-state index is -0.157. The number of fused-ring (bicyclic) bond motifs is 1. The van der Waals surface area contributed by atoms with E-state index in [0.29, 0.717) is 0 Å². The van der Waals surface area contributed by atoms with Crippen LogP contribution in [0.15, 0.2) is 35.1 Å². The van der Waals surface area contributed by atoms with Crippen molar-refractivity contribution in [3.63, 3.8) is 0 Å². The molecule has 1 saturated heterocycles. The van der Waals surface area contributed by atoms with Gasteiger partial charge in [0.25, 0.3) is 5.56 Å². The van der Waals surface area contributed by atoms with Gasteiger partial charge in [0.05, 0.1) is 6.10 Å². The molecular formula is C16H20N2O2. The van der Waals surface area contributed by atoms with Crippen molar-refractivity contribution in [2.24, 2.45) is 0 Å². The molecule has 20 heavy (non-hydrogen) atoms. The van der Waals surface area contributed by atoms with Gasteiger partial charge in [0.2, 0.25) is 0 Å². The van der Waals surface area contributed by atoms with Gasteiger partial charge in [-0.15, -0.1) is 0 Å². The molecular weight excluding hydrogens is 252 g/mol. The van der Waals surface area contributed by atoms with E-state index in [-0.39, 0.29) is 11.7 Å². The van der Waals surface area contributed by atoms with E-state index in [4.69, 9.17) is 0 Å². The highest BCUT2D eigenvalue weighted by molar-refractivity contribution is 5.81. The Hall–Kier alpha value is -1.65. The van der Waals surface area contributed by atoms with Crippen LogP contribution in [0.1, 0.15) is 18.5 Å². The predicted octanol–water partition coefficient (Wildman–Crippen LogP) is 1.53. The molecule has 1 aromatic heterocycles. The van der Waals surface area contributed by atoms with Gasteiger partial charge in [0, 0.05) is 24.2 Å². The van der Waals surface area contributed by atoms with Crippen LogP contribution in [0.3, 0.4) is 0 Å². The largest absolute Gasteiger partial charge is 0.392 e. The number of aliphatic hydroxyl groups excluding tert-OH is 1. The number of H-pyrrole nitrogens is 1. The predicted molar refractivity (Wildman–Crippen MR) is 80.0 cm³/mol. The number of aliphatic hydroxyl groups is 1. The maximum Gasteiger partial charge on any atom is 0.256 e. The van der Waals surface area contributed by atoms with E-state index < -0.39 is 0 Å². The molecule has 0 aliphatic carbocycles. The number of aryl methyl sites for hydroxylation is 1. The van der Waals surface area contributed by atoms with Crippen molar-refractivity contribution in [3.05, 3.63) is 46.4 Å². The van der Waals surface area contributed by atoms with Gasteiger partial charge in [0.1, 0.15) is 0 Å². The van der Waals surface area contributed by atoms with Crippen molar-refractivity contribution >= 4 is 10.8 Å². The minimum absolute atomic E-state index is 0.00491. The molecule has 1 fully saturated rings. The van der Waals surface area contributed by atoms with Gasteiger partial charge in [-0.1, -0.05) is 18.2 Å². The van der Waals surface area contributed by atoms with Gasteiger partial charge in [-0.2, -0.15) is 0 Å². The Morgan fingerprint density at radius 2 is 2.20 bits per heavy atom. The molecule has 1 aliphatic rings. The van der Waals surface area contributed by atoms with Crippen LogP contribution < -0.4 is 5.56 Å². The van der Waals surface area contributed by atoms with Crippen LogP contribution in [0.4, 0.5) is 0 Å². The topological polar surface area (TPSA) is 56.3 Å². The number of nitrogens with one attached hydrogen (secondary N) is 1. The molecule has 0 saturated carbocycles. The third-order valence-electron chi connectivity index (χ3n) is 3.98. The van der Waals surface area contributed by atoms with Crippen LogP contribution in [0.25, 0.3) is 10.8 Å². The van der Waals surface area contributed by atoms with E-state index in [9.17, 15) is 9.90 Å². The molecule has 106 valence electrons. The molecule has 3 rings (SSSR count). The molecule has 2 heterocycles. The lowest BCUT2D eigenvalue weighted by atomic mass is 10.1. The summed E-state index contributed by atoms with van der Waals surface area (Å²) in [5, 5.41) is 11.2. The number of likely N-dealkylation sites (tertiary alicyclic amines) is 1. The lowest BCUT2D eigenvalue weighted by Gasteiger charge is -2.14. The second-order valence-corrected chi connectivity index (χ2v) is 5.56. The molecule has 0 amide bonds. The van der Waals surface area contributed by atoms with Gasteiger partial charge < -0.3 is 15.0 Å². The van der Waals surface area contributed by atoms with Gasteiger partial charge in [-0.3, -0.25) is 4.79 Å². The fraction of sp³-hybridized carbons (Fsp3) is 0.438. The number of hydrogen-bond acceptors (Lipinski definition) is 3. The van der Waals surface area contributed by atoms with E-state index in [1.54, 1.807) is 0 Å². The summed E-state index contributed by atoms with van der Waals surface area (Å²) >= 11 is 0. The van der Waals surface area contributed by atoms with E-state index in [0.717, 1.165) is 55.4 Å². The fourth-order valence-electron chi connectivity index (χ4n) is 2.91. The highest BCUT2D eigenvalue weighted by Crippen LogP contribution is 2.12. The average Bonchev–Trinajstić information content (AvgIpc) is 2.85. The zero-order chi connectivity index (χ0) is 13.9. The zero-order valence-electron chi connectivity index (χ0n) is 11.5.